The lowest BCUT2D eigenvalue weighted by molar-refractivity contribution is -0.0545. The van der Waals surface area contributed by atoms with Gasteiger partial charge in [-0.1, -0.05) is 12.1 Å². The fourth-order valence-electron chi connectivity index (χ4n) is 2.82. The third-order valence-electron chi connectivity index (χ3n) is 3.86. The van der Waals surface area contributed by atoms with Crippen LogP contribution in [0.5, 0.6) is 0 Å². The van der Waals surface area contributed by atoms with Crippen LogP contribution in [0.4, 0.5) is 4.79 Å². The monoisotopic (exact) mass is 314 g/mol. The molecule has 122 valence electrons. The number of ether oxygens (including phenoxy) is 1. The Morgan fingerprint density at radius 2 is 1.96 bits per heavy atom. The standard InChI is InChI=1S/C17H22N4O2/c1-13-11-20(12-14(2)23-13)17(22)18-10-15-4-6-16(7-5-15)21-9-3-8-19-21/h3-9,13-14H,10-12H2,1-2H3,(H,18,22). The van der Waals surface area contributed by atoms with Crippen molar-refractivity contribution >= 4 is 6.03 Å². The highest BCUT2D eigenvalue weighted by Crippen LogP contribution is 2.11. The smallest absolute Gasteiger partial charge is 0.317 e. The Kier molecular flexibility index (Phi) is 4.62. The number of benzene rings is 1. The molecule has 2 heterocycles. The van der Waals surface area contributed by atoms with Crippen molar-refractivity contribution in [3.63, 3.8) is 0 Å². The van der Waals surface area contributed by atoms with Crippen molar-refractivity contribution in [2.24, 2.45) is 0 Å². The second-order valence-corrected chi connectivity index (χ2v) is 5.94. The van der Waals surface area contributed by atoms with Crippen LogP contribution in [0.3, 0.4) is 0 Å². The van der Waals surface area contributed by atoms with Crippen molar-refractivity contribution in [2.45, 2.75) is 32.6 Å². The van der Waals surface area contributed by atoms with Crippen molar-refractivity contribution in [2.75, 3.05) is 13.1 Å². The zero-order valence-electron chi connectivity index (χ0n) is 13.5. The van der Waals surface area contributed by atoms with Crippen molar-refractivity contribution in [3.8, 4) is 5.69 Å². The van der Waals surface area contributed by atoms with Gasteiger partial charge in [-0.05, 0) is 37.6 Å². The van der Waals surface area contributed by atoms with Gasteiger partial charge in [0.25, 0.3) is 0 Å². The maximum atomic E-state index is 12.3. The first-order valence-electron chi connectivity index (χ1n) is 7.89. The topological polar surface area (TPSA) is 59.4 Å². The van der Waals surface area contributed by atoms with Crippen LogP contribution in [0, 0.1) is 0 Å². The molecule has 3 rings (SSSR count). The SMILES string of the molecule is CC1CN(C(=O)NCc2ccc(-n3cccn3)cc2)CC(C)O1. The minimum atomic E-state index is -0.0387. The summed E-state index contributed by atoms with van der Waals surface area (Å²) in [5.74, 6) is 0. The van der Waals surface area contributed by atoms with Gasteiger partial charge in [0.15, 0.2) is 0 Å². The molecule has 0 bridgehead atoms. The first kappa shape index (κ1) is 15.6. The van der Waals surface area contributed by atoms with E-state index in [1.807, 2.05) is 55.3 Å². The number of nitrogens with zero attached hydrogens (tertiary/aromatic N) is 3. The van der Waals surface area contributed by atoms with Gasteiger partial charge in [0.1, 0.15) is 0 Å². The first-order chi connectivity index (χ1) is 11.1. The minimum absolute atomic E-state index is 0.0387. The van der Waals surface area contributed by atoms with E-state index < -0.39 is 0 Å². The van der Waals surface area contributed by atoms with Gasteiger partial charge in [0.05, 0.1) is 17.9 Å². The molecule has 0 aliphatic carbocycles. The molecule has 1 N–H and O–H groups in total. The van der Waals surface area contributed by atoms with E-state index in [1.54, 1.807) is 10.9 Å². The van der Waals surface area contributed by atoms with Gasteiger partial charge in [-0.2, -0.15) is 5.10 Å². The Morgan fingerprint density at radius 3 is 2.57 bits per heavy atom. The number of hydrogen-bond donors (Lipinski definition) is 1. The van der Waals surface area contributed by atoms with Crippen molar-refractivity contribution < 1.29 is 9.53 Å². The van der Waals surface area contributed by atoms with Gasteiger partial charge in [-0.3, -0.25) is 0 Å². The molecular formula is C17H22N4O2. The van der Waals surface area contributed by atoms with Crippen LogP contribution in [-0.4, -0.2) is 46.0 Å². The summed E-state index contributed by atoms with van der Waals surface area (Å²) in [7, 11) is 0. The lowest BCUT2D eigenvalue weighted by Gasteiger charge is -2.35. The summed E-state index contributed by atoms with van der Waals surface area (Å²) in [5.41, 5.74) is 2.06. The highest BCUT2D eigenvalue weighted by Gasteiger charge is 2.25. The third-order valence-corrected chi connectivity index (χ3v) is 3.86. The van der Waals surface area contributed by atoms with Crippen LogP contribution in [0.25, 0.3) is 5.69 Å². The van der Waals surface area contributed by atoms with Gasteiger partial charge < -0.3 is 15.0 Å². The summed E-state index contributed by atoms with van der Waals surface area (Å²) < 4.78 is 7.45. The zero-order chi connectivity index (χ0) is 16.2. The molecular weight excluding hydrogens is 292 g/mol. The number of hydrogen-bond acceptors (Lipinski definition) is 3. The molecule has 1 aromatic carbocycles. The van der Waals surface area contributed by atoms with E-state index in [1.165, 1.54) is 0 Å². The fourth-order valence-corrected chi connectivity index (χ4v) is 2.82. The third kappa shape index (κ3) is 3.90. The van der Waals surface area contributed by atoms with Crippen LogP contribution < -0.4 is 5.32 Å². The van der Waals surface area contributed by atoms with Crippen molar-refractivity contribution in [1.29, 1.82) is 0 Å². The molecule has 2 amide bonds. The summed E-state index contributed by atoms with van der Waals surface area (Å²) in [6, 6.07) is 9.84. The summed E-state index contributed by atoms with van der Waals surface area (Å²) in [4.78, 5) is 14.1. The highest BCUT2D eigenvalue weighted by molar-refractivity contribution is 5.74. The van der Waals surface area contributed by atoms with Crippen LogP contribution in [0.2, 0.25) is 0 Å². The molecule has 1 aliphatic heterocycles. The summed E-state index contributed by atoms with van der Waals surface area (Å²) in [6.07, 6.45) is 3.81. The summed E-state index contributed by atoms with van der Waals surface area (Å²) in [5, 5.41) is 7.17. The largest absolute Gasteiger partial charge is 0.372 e. The Bertz CT molecular complexity index is 629. The van der Waals surface area contributed by atoms with Crippen molar-refractivity contribution in [1.82, 2.24) is 20.0 Å². The van der Waals surface area contributed by atoms with E-state index in [2.05, 4.69) is 10.4 Å². The summed E-state index contributed by atoms with van der Waals surface area (Å²) in [6.45, 7) is 5.76. The second-order valence-electron chi connectivity index (χ2n) is 5.94. The second kappa shape index (κ2) is 6.83. The molecule has 6 nitrogen and oxygen atoms in total. The minimum Gasteiger partial charge on any atom is -0.372 e. The van der Waals surface area contributed by atoms with E-state index in [0.717, 1.165) is 11.3 Å². The predicted octanol–water partition coefficient (Wildman–Crippen LogP) is 2.19. The molecule has 2 unspecified atom stereocenters. The van der Waals surface area contributed by atoms with E-state index in [4.69, 9.17) is 4.74 Å². The first-order valence-corrected chi connectivity index (χ1v) is 7.89. The number of carbonyl (C=O) groups excluding carboxylic acids is 1. The van der Waals surface area contributed by atoms with E-state index in [-0.39, 0.29) is 18.2 Å². The molecule has 23 heavy (non-hydrogen) atoms. The molecule has 1 saturated heterocycles. The maximum absolute atomic E-state index is 12.3. The average Bonchev–Trinajstić information content (AvgIpc) is 3.06. The van der Waals surface area contributed by atoms with E-state index in [9.17, 15) is 4.79 Å². The molecule has 1 fully saturated rings. The fraction of sp³-hybridized carbons (Fsp3) is 0.412. The zero-order valence-corrected chi connectivity index (χ0v) is 13.5. The van der Waals surface area contributed by atoms with Crippen molar-refractivity contribution in [3.05, 3.63) is 48.3 Å². The van der Waals surface area contributed by atoms with Gasteiger partial charge in [0, 0.05) is 32.0 Å². The summed E-state index contributed by atoms with van der Waals surface area (Å²) >= 11 is 0. The molecule has 2 atom stereocenters. The normalized spacial score (nSPS) is 21.2. The number of morpholine rings is 1. The Balaban J connectivity index is 1.54. The van der Waals surface area contributed by atoms with Crippen LogP contribution >= 0.6 is 0 Å². The number of nitrogens with one attached hydrogen (secondary N) is 1. The lowest BCUT2D eigenvalue weighted by Crippen LogP contribution is -2.51. The molecule has 1 aromatic heterocycles. The Morgan fingerprint density at radius 1 is 1.26 bits per heavy atom. The maximum Gasteiger partial charge on any atom is 0.317 e. The Labute approximate surface area is 136 Å². The highest BCUT2D eigenvalue weighted by atomic mass is 16.5. The van der Waals surface area contributed by atoms with Gasteiger partial charge in [0.2, 0.25) is 0 Å². The number of amides is 2. The molecule has 0 saturated carbocycles. The molecule has 6 heteroatoms. The van der Waals surface area contributed by atoms with Gasteiger partial charge in [-0.15, -0.1) is 0 Å². The number of urea groups is 1. The predicted molar refractivity (Wildman–Crippen MR) is 87.4 cm³/mol. The number of rotatable bonds is 3. The van der Waals surface area contributed by atoms with Crippen LogP contribution in [-0.2, 0) is 11.3 Å². The van der Waals surface area contributed by atoms with Crippen LogP contribution in [0.15, 0.2) is 42.7 Å². The molecule has 0 radical (unpaired) electrons. The van der Waals surface area contributed by atoms with Gasteiger partial charge >= 0.3 is 6.03 Å². The quantitative estimate of drug-likeness (QED) is 0.945. The molecule has 2 aromatic rings. The molecule has 1 aliphatic rings. The molecule has 0 spiro atoms. The number of carbonyl (C=O) groups is 1. The van der Waals surface area contributed by atoms with E-state index >= 15 is 0 Å². The van der Waals surface area contributed by atoms with Gasteiger partial charge in [-0.25, -0.2) is 9.48 Å². The number of aromatic nitrogens is 2. The Hall–Kier alpha value is -2.34. The van der Waals surface area contributed by atoms with Crippen LogP contribution in [0.1, 0.15) is 19.4 Å². The van der Waals surface area contributed by atoms with E-state index in [0.29, 0.717) is 19.6 Å². The lowest BCUT2D eigenvalue weighted by atomic mass is 10.2. The average molecular weight is 314 g/mol.